The van der Waals surface area contributed by atoms with Crippen molar-refractivity contribution in [3.63, 3.8) is 0 Å². The van der Waals surface area contributed by atoms with Crippen LogP contribution >= 0.6 is 0 Å². The summed E-state index contributed by atoms with van der Waals surface area (Å²) in [4.78, 5) is 6.99. The van der Waals surface area contributed by atoms with Crippen LogP contribution in [0.25, 0.3) is 50.0 Å². The summed E-state index contributed by atoms with van der Waals surface area (Å²) in [5.74, 6) is 0.625. The monoisotopic (exact) mass is 541 g/mol. The number of aryl methyl sites for hydroxylation is 1. The Morgan fingerprint density at radius 3 is 1.95 bits per heavy atom. The van der Waals surface area contributed by atoms with Gasteiger partial charge in [-0.2, -0.15) is 0 Å². The second kappa shape index (κ2) is 9.79. The SMILES string of the molecule is Cc1ccc2c(c1)c1cc(N(c3ccccc3)c3ccc(-c4nc5ccccc5o4)cc3)ccc1n2-c1ccccc1. The van der Waals surface area contributed by atoms with Gasteiger partial charge in [-0.25, -0.2) is 4.98 Å². The molecule has 0 aliphatic carbocycles. The molecule has 0 unspecified atom stereocenters. The van der Waals surface area contributed by atoms with E-state index in [0.717, 1.165) is 39.4 Å². The minimum atomic E-state index is 0.625. The maximum atomic E-state index is 6.03. The molecule has 0 fully saturated rings. The fraction of sp³-hybridized carbons (Fsp3) is 0.0263. The third-order valence-corrected chi connectivity index (χ3v) is 7.86. The molecule has 0 saturated heterocycles. The number of hydrogen-bond donors (Lipinski definition) is 0. The summed E-state index contributed by atoms with van der Waals surface area (Å²) >= 11 is 0. The highest BCUT2D eigenvalue weighted by molar-refractivity contribution is 6.11. The summed E-state index contributed by atoms with van der Waals surface area (Å²) in [5, 5.41) is 2.47. The Bertz CT molecular complexity index is 2160. The summed E-state index contributed by atoms with van der Waals surface area (Å²) in [6.07, 6.45) is 0. The van der Waals surface area contributed by atoms with Crippen LogP contribution in [-0.2, 0) is 0 Å². The molecule has 0 spiro atoms. The highest BCUT2D eigenvalue weighted by Crippen LogP contribution is 2.40. The molecular formula is C38H27N3O. The smallest absolute Gasteiger partial charge is 0.227 e. The zero-order valence-corrected chi connectivity index (χ0v) is 23.1. The van der Waals surface area contributed by atoms with Crippen molar-refractivity contribution < 1.29 is 4.42 Å². The van der Waals surface area contributed by atoms with E-state index in [1.165, 1.54) is 27.4 Å². The number of anilines is 3. The average molecular weight is 542 g/mol. The molecule has 0 radical (unpaired) electrons. The lowest BCUT2D eigenvalue weighted by atomic mass is 10.1. The molecule has 0 N–H and O–H groups in total. The van der Waals surface area contributed by atoms with E-state index in [1.807, 2.05) is 24.3 Å². The van der Waals surface area contributed by atoms with Crippen molar-refractivity contribution in [3.05, 3.63) is 151 Å². The van der Waals surface area contributed by atoms with Crippen molar-refractivity contribution in [1.82, 2.24) is 9.55 Å². The van der Waals surface area contributed by atoms with Gasteiger partial charge in [-0.05, 0) is 97.9 Å². The Hall–Kier alpha value is -5.61. The van der Waals surface area contributed by atoms with Crippen LogP contribution in [0.5, 0.6) is 0 Å². The van der Waals surface area contributed by atoms with Crippen LogP contribution in [0.15, 0.2) is 150 Å². The van der Waals surface area contributed by atoms with Gasteiger partial charge >= 0.3 is 0 Å². The van der Waals surface area contributed by atoms with Crippen LogP contribution in [0.2, 0.25) is 0 Å². The van der Waals surface area contributed by atoms with E-state index in [0.29, 0.717) is 5.89 Å². The molecule has 0 amide bonds. The normalized spacial score (nSPS) is 11.5. The number of para-hydroxylation sites is 4. The first-order valence-corrected chi connectivity index (χ1v) is 14.1. The van der Waals surface area contributed by atoms with Gasteiger partial charge in [0, 0.05) is 39.1 Å². The van der Waals surface area contributed by atoms with Gasteiger partial charge in [0.15, 0.2) is 5.58 Å². The molecule has 0 saturated carbocycles. The Morgan fingerprint density at radius 1 is 0.571 bits per heavy atom. The van der Waals surface area contributed by atoms with Gasteiger partial charge in [0.25, 0.3) is 0 Å². The lowest BCUT2D eigenvalue weighted by molar-refractivity contribution is 0.620. The van der Waals surface area contributed by atoms with Crippen LogP contribution in [0, 0.1) is 6.92 Å². The van der Waals surface area contributed by atoms with Crippen molar-refractivity contribution in [2.75, 3.05) is 4.90 Å². The minimum Gasteiger partial charge on any atom is -0.436 e. The van der Waals surface area contributed by atoms with E-state index >= 15 is 0 Å². The quantitative estimate of drug-likeness (QED) is 0.217. The third-order valence-electron chi connectivity index (χ3n) is 7.86. The van der Waals surface area contributed by atoms with Gasteiger partial charge in [-0.1, -0.05) is 60.2 Å². The van der Waals surface area contributed by atoms with Gasteiger partial charge in [-0.15, -0.1) is 0 Å². The van der Waals surface area contributed by atoms with Gasteiger partial charge in [0.1, 0.15) is 5.52 Å². The first kappa shape index (κ1) is 24.2. The van der Waals surface area contributed by atoms with Crippen LogP contribution in [0.4, 0.5) is 17.1 Å². The molecule has 8 aromatic rings. The lowest BCUT2D eigenvalue weighted by Crippen LogP contribution is -2.09. The predicted molar refractivity (Wildman–Crippen MR) is 173 cm³/mol. The van der Waals surface area contributed by atoms with Crippen molar-refractivity contribution in [1.29, 1.82) is 0 Å². The maximum absolute atomic E-state index is 6.03. The lowest BCUT2D eigenvalue weighted by Gasteiger charge is -2.25. The number of fused-ring (bicyclic) bond motifs is 4. The Balaban J connectivity index is 1.29. The molecule has 0 aliphatic rings. The number of hydrogen-bond acceptors (Lipinski definition) is 3. The molecule has 8 rings (SSSR count). The molecule has 42 heavy (non-hydrogen) atoms. The fourth-order valence-corrected chi connectivity index (χ4v) is 5.89. The molecule has 6 aromatic carbocycles. The highest BCUT2D eigenvalue weighted by atomic mass is 16.3. The van der Waals surface area contributed by atoms with Gasteiger partial charge in [0.2, 0.25) is 5.89 Å². The Labute approximate surface area is 243 Å². The minimum absolute atomic E-state index is 0.625. The first-order valence-electron chi connectivity index (χ1n) is 14.1. The number of benzene rings is 6. The molecule has 0 aliphatic heterocycles. The van der Waals surface area contributed by atoms with Crippen LogP contribution in [0.1, 0.15) is 5.56 Å². The number of aromatic nitrogens is 2. The van der Waals surface area contributed by atoms with Gasteiger partial charge in [0.05, 0.1) is 11.0 Å². The van der Waals surface area contributed by atoms with Crippen molar-refractivity contribution >= 4 is 50.0 Å². The first-order chi connectivity index (χ1) is 20.7. The highest BCUT2D eigenvalue weighted by Gasteiger charge is 2.18. The van der Waals surface area contributed by atoms with E-state index in [4.69, 9.17) is 4.42 Å². The van der Waals surface area contributed by atoms with E-state index in [9.17, 15) is 0 Å². The van der Waals surface area contributed by atoms with Crippen molar-refractivity contribution in [2.45, 2.75) is 6.92 Å². The fourth-order valence-electron chi connectivity index (χ4n) is 5.89. The zero-order chi connectivity index (χ0) is 28.0. The topological polar surface area (TPSA) is 34.2 Å². The summed E-state index contributed by atoms with van der Waals surface area (Å²) in [6, 6.07) is 50.9. The van der Waals surface area contributed by atoms with Crippen LogP contribution < -0.4 is 4.90 Å². The largest absolute Gasteiger partial charge is 0.436 e. The maximum Gasteiger partial charge on any atom is 0.227 e. The molecule has 2 heterocycles. The molecule has 2 aromatic heterocycles. The molecule has 4 nitrogen and oxygen atoms in total. The number of oxazole rings is 1. The summed E-state index contributed by atoms with van der Waals surface area (Å²) in [6.45, 7) is 2.16. The Kier molecular flexibility index (Phi) is 5.64. The summed E-state index contributed by atoms with van der Waals surface area (Å²) in [5.41, 5.74) is 10.6. The molecule has 0 bridgehead atoms. The van der Waals surface area contributed by atoms with Crippen molar-refractivity contribution in [2.24, 2.45) is 0 Å². The number of rotatable bonds is 5. The Morgan fingerprint density at radius 2 is 1.19 bits per heavy atom. The zero-order valence-electron chi connectivity index (χ0n) is 23.1. The van der Waals surface area contributed by atoms with E-state index in [-0.39, 0.29) is 0 Å². The van der Waals surface area contributed by atoms with Crippen LogP contribution in [-0.4, -0.2) is 9.55 Å². The number of nitrogens with zero attached hydrogens (tertiary/aromatic N) is 3. The molecule has 4 heteroatoms. The predicted octanol–water partition coefficient (Wildman–Crippen LogP) is 10.4. The second-order valence-corrected chi connectivity index (χ2v) is 10.6. The molecular weight excluding hydrogens is 514 g/mol. The summed E-state index contributed by atoms with van der Waals surface area (Å²) in [7, 11) is 0. The third kappa shape index (κ3) is 4.04. The molecule has 200 valence electrons. The van der Waals surface area contributed by atoms with E-state index in [2.05, 4.69) is 143 Å². The van der Waals surface area contributed by atoms with E-state index in [1.54, 1.807) is 0 Å². The van der Waals surface area contributed by atoms with Crippen LogP contribution in [0.3, 0.4) is 0 Å². The van der Waals surface area contributed by atoms with Crippen molar-refractivity contribution in [3.8, 4) is 17.1 Å². The summed E-state index contributed by atoms with van der Waals surface area (Å²) < 4.78 is 8.39. The molecule has 0 atom stereocenters. The second-order valence-electron chi connectivity index (χ2n) is 10.6. The standard InChI is InChI=1S/C38H27N3O/c1-26-16-22-35-32(24-26)33-25-31(21-23-36(33)41(35)29-12-6-3-7-13-29)40(28-10-4-2-5-11-28)30-19-17-27(18-20-30)38-39-34-14-8-9-15-37(34)42-38/h2-25H,1H3. The van der Waals surface area contributed by atoms with Gasteiger partial charge in [-0.3, -0.25) is 0 Å². The van der Waals surface area contributed by atoms with E-state index < -0.39 is 0 Å². The van der Waals surface area contributed by atoms with Gasteiger partial charge < -0.3 is 13.9 Å². The average Bonchev–Trinajstić information content (AvgIpc) is 3.62.